The topological polar surface area (TPSA) is 38.7 Å². The van der Waals surface area contributed by atoms with E-state index in [-0.39, 0.29) is 0 Å². The summed E-state index contributed by atoms with van der Waals surface area (Å²) in [6.45, 7) is 0. The summed E-state index contributed by atoms with van der Waals surface area (Å²) < 4.78 is 0. The summed E-state index contributed by atoms with van der Waals surface area (Å²) in [4.78, 5) is 16.7. The van der Waals surface area contributed by atoms with E-state index in [4.69, 9.17) is 15.0 Å². The second kappa shape index (κ2) is 8.59. The summed E-state index contributed by atoms with van der Waals surface area (Å²) in [6.07, 6.45) is 4.14. The standard InChI is InChI=1S/C23H19N3S2/c1-27-19-12-8-17(9-13-19)22-24-21(16-6-4-3-5-7-16)25-23(26-22)18-10-14-20(28-2)15-11-18/h3-15H,1-2H3. The van der Waals surface area contributed by atoms with E-state index in [1.54, 1.807) is 23.5 Å². The van der Waals surface area contributed by atoms with E-state index in [0.29, 0.717) is 17.5 Å². The Morgan fingerprint density at radius 3 is 1.18 bits per heavy atom. The van der Waals surface area contributed by atoms with Crippen molar-refractivity contribution in [2.75, 3.05) is 12.5 Å². The number of hydrogen-bond acceptors (Lipinski definition) is 5. The van der Waals surface area contributed by atoms with Crippen LogP contribution >= 0.6 is 23.5 Å². The van der Waals surface area contributed by atoms with Crippen LogP contribution in [0.1, 0.15) is 0 Å². The minimum Gasteiger partial charge on any atom is -0.208 e. The molecule has 0 fully saturated rings. The monoisotopic (exact) mass is 401 g/mol. The molecule has 0 saturated heterocycles. The van der Waals surface area contributed by atoms with E-state index >= 15 is 0 Å². The third-order valence-electron chi connectivity index (χ3n) is 4.36. The molecule has 0 N–H and O–H groups in total. The number of rotatable bonds is 5. The number of aromatic nitrogens is 3. The summed E-state index contributed by atoms with van der Waals surface area (Å²) >= 11 is 3.44. The highest BCUT2D eigenvalue weighted by molar-refractivity contribution is 7.98. The Hall–Kier alpha value is -2.63. The van der Waals surface area contributed by atoms with E-state index in [1.807, 2.05) is 30.3 Å². The Morgan fingerprint density at radius 2 is 0.821 bits per heavy atom. The van der Waals surface area contributed by atoms with Crippen LogP contribution in [0.25, 0.3) is 34.2 Å². The molecule has 3 nitrogen and oxygen atoms in total. The van der Waals surface area contributed by atoms with Crippen molar-refractivity contribution < 1.29 is 0 Å². The van der Waals surface area contributed by atoms with Gasteiger partial charge in [-0.2, -0.15) is 0 Å². The SMILES string of the molecule is CSc1ccc(-c2nc(-c3ccccc3)nc(-c3ccc(SC)cc3)n2)cc1. The predicted octanol–water partition coefficient (Wildman–Crippen LogP) is 6.32. The molecule has 28 heavy (non-hydrogen) atoms. The molecule has 1 heterocycles. The zero-order valence-corrected chi connectivity index (χ0v) is 17.3. The first-order valence-electron chi connectivity index (χ1n) is 8.87. The fraction of sp³-hybridized carbons (Fsp3) is 0.0870. The van der Waals surface area contributed by atoms with Crippen LogP contribution in [0, 0.1) is 0 Å². The van der Waals surface area contributed by atoms with Crippen molar-refractivity contribution in [3.63, 3.8) is 0 Å². The van der Waals surface area contributed by atoms with Crippen LogP contribution in [0.4, 0.5) is 0 Å². The minimum atomic E-state index is 0.684. The van der Waals surface area contributed by atoms with Crippen molar-refractivity contribution in [2.24, 2.45) is 0 Å². The molecule has 0 unspecified atom stereocenters. The average Bonchev–Trinajstić information content (AvgIpc) is 2.79. The first-order valence-corrected chi connectivity index (χ1v) is 11.3. The quantitative estimate of drug-likeness (QED) is 0.366. The first-order chi connectivity index (χ1) is 13.8. The highest BCUT2D eigenvalue weighted by Gasteiger charge is 2.12. The van der Waals surface area contributed by atoms with Crippen LogP contribution in [0.5, 0.6) is 0 Å². The van der Waals surface area contributed by atoms with Crippen LogP contribution in [-0.2, 0) is 0 Å². The average molecular weight is 402 g/mol. The van der Waals surface area contributed by atoms with Crippen molar-refractivity contribution in [3.8, 4) is 34.2 Å². The Labute approximate surface area is 173 Å². The minimum absolute atomic E-state index is 0.684. The Bertz CT molecular complexity index is 998. The fourth-order valence-electron chi connectivity index (χ4n) is 2.83. The van der Waals surface area contributed by atoms with E-state index in [0.717, 1.165) is 16.7 Å². The van der Waals surface area contributed by atoms with Gasteiger partial charge >= 0.3 is 0 Å². The number of benzene rings is 3. The third kappa shape index (κ3) is 4.11. The van der Waals surface area contributed by atoms with Crippen LogP contribution in [-0.4, -0.2) is 27.5 Å². The van der Waals surface area contributed by atoms with Crippen molar-refractivity contribution >= 4 is 23.5 Å². The van der Waals surface area contributed by atoms with Crippen molar-refractivity contribution in [1.82, 2.24) is 15.0 Å². The van der Waals surface area contributed by atoms with Crippen molar-refractivity contribution in [2.45, 2.75) is 9.79 Å². The lowest BCUT2D eigenvalue weighted by atomic mass is 10.1. The Morgan fingerprint density at radius 1 is 0.464 bits per heavy atom. The molecule has 138 valence electrons. The fourth-order valence-corrected chi connectivity index (χ4v) is 3.65. The molecule has 1 aromatic heterocycles. The maximum atomic E-state index is 4.77. The molecule has 0 radical (unpaired) electrons. The maximum Gasteiger partial charge on any atom is 0.164 e. The van der Waals surface area contributed by atoms with Gasteiger partial charge in [-0.25, -0.2) is 15.0 Å². The van der Waals surface area contributed by atoms with Gasteiger partial charge in [-0.15, -0.1) is 23.5 Å². The van der Waals surface area contributed by atoms with Gasteiger partial charge in [-0.1, -0.05) is 54.6 Å². The van der Waals surface area contributed by atoms with Gasteiger partial charge in [0.05, 0.1) is 0 Å². The van der Waals surface area contributed by atoms with Gasteiger partial charge in [0.25, 0.3) is 0 Å². The lowest BCUT2D eigenvalue weighted by molar-refractivity contribution is 1.07. The molecule has 3 aromatic carbocycles. The maximum absolute atomic E-state index is 4.77. The number of nitrogens with zero attached hydrogens (tertiary/aromatic N) is 3. The van der Waals surface area contributed by atoms with Crippen molar-refractivity contribution in [3.05, 3.63) is 78.9 Å². The largest absolute Gasteiger partial charge is 0.208 e. The molecule has 4 rings (SSSR count). The molecule has 0 amide bonds. The molecule has 0 aliphatic rings. The molecular weight excluding hydrogens is 382 g/mol. The molecular formula is C23H19N3S2. The summed E-state index contributed by atoms with van der Waals surface area (Å²) in [7, 11) is 0. The second-order valence-corrected chi connectivity index (χ2v) is 7.89. The summed E-state index contributed by atoms with van der Waals surface area (Å²) in [5.41, 5.74) is 2.95. The molecule has 0 atom stereocenters. The first kappa shape index (κ1) is 18.7. The van der Waals surface area contributed by atoms with Gasteiger partial charge in [-0.3, -0.25) is 0 Å². The van der Waals surface area contributed by atoms with Gasteiger partial charge < -0.3 is 0 Å². The molecule has 0 aliphatic carbocycles. The zero-order valence-electron chi connectivity index (χ0n) is 15.7. The zero-order chi connectivity index (χ0) is 19.3. The van der Waals surface area contributed by atoms with Crippen LogP contribution in [0.15, 0.2) is 88.7 Å². The van der Waals surface area contributed by atoms with E-state index in [1.165, 1.54) is 9.79 Å². The Balaban J connectivity index is 1.84. The molecule has 0 aliphatic heterocycles. The van der Waals surface area contributed by atoms with E-state index < -0.39 is 0 Å². The third-order valence-corrected chi connectivity index (χ3v) is 5.85. The summed E-state index contributed by atoms with van der Waals surface area (Å²) in [5, 5.41) is 0. The van der Waals surface area contributed by atoms with Gasteiger partial charge in [0.15, 0.2) is 17.5 Å². The number of thioether (sulfide) groups is 2. The van der Waals surface area contributed by atoms with Gasteiger partial charge in [0.2, 0.25) is 0 Å². The van der Waals surface area contributed by atoms with E-state index in [2.05, 4.69) is 61.0 Å². The van der Waals surface area contributed by atoms with Crippen molar-refractivity contribution in [1.29, 1.82) is 0 Å². The molecule has 0 bridgehead atoms. The van der Waals surface area contributed by atoms with Gasteiger partial charge in [0.1, 0.15) is 0 Å². The lowest BCUT2D eigenvalue weighted by Gasteiger charge is -2.09. The summed E-state index contributed by atoms with van der Waals surface area (Å²) in [6, 6.07) is 26.7. The molecule has 4 aromatic rings. The van der Waals surface area contributed by atoms with Crippen LogP contribution < -0.4 is 0 Å². The highest BCUT2D eigenvalue weighted by atomic mass is 32.2. The van der Waals surface area contributed by atoms with Gasteiger partial charge in [-0.05, 0) is 36.8 Å². The lowest BCUT2D eigenvalue weighted by Crippen LogP contribution is -2.00. The molecule has 5 heteroatoms. The summed E-state index contributed by atoms with van der Waals surface area (Å²) in [5.74, 6) is 2.05. The second-order valence-electron chi connectivity index (χ2n) is 6.13. The number of hydrogen-bond donors (Lipinski definition) is 0. The van der Waals surface area contributed by atoms with E-state index in [9.17, 15) is 0 Å². The van der Waals surface area contributed by atoms with Gasteiger partial charge in [0, 0.05) is 26.5 Å². The Kier molecular flexibility index (Phi) is 5.74. The highest BCUT2D eigenvalue weighted by Crippen LogP contribution is 2.27. The van der Waals surface area contributed by atoms with Crippen LogP contribution in [0.3, 0.4) is 0 Å². The molecule has 0 spiro atoms. The predicted molar refractivity (Wildman–Crippen MR) is 120 cm³/mol. The molecule has 0 saturated carbocycles. The smallest absolute Gasteiger partial charge is 0.164 e. The normalized spacial score (nSPS) is 10.8. The van der Waals surface area contributed by atoms with Crippen LogP contribution in [0.2, 0.25) is 0 Å².